The number of benzene rings is 2. The van der Waals surface area contributed by atoms with E-state index in [1.165, 1.54) is 11.0 Å². The second-order valence-electron chi connectivity index (χ2n) is 7.55. The van der Waals surface area contributed by atoms with Crippen molar-refractivity contribution in [2.45, 2.75) is 37.6 Å². The Hall–Kier alpha value is -2.96. The van der Waals surface area contributed by atoms with Crippen LogP contribution in [0.1, 0.15) is 30.4 Å². The smallest absolute Gasteiger partial charge is 0.380 e. The summed E-state index contributed by atoms with van der Waals surface area (Å²) >= 11 is 5.60. The van der Waals surface area contributed by atoms with Gasteiger partial charge >= 0.3 is 6.18 Å². The summed E-state index contributed by atoms with van der Waals surface area (Å²) in [6.45, 7) is 7.46. The minimum absolute atomic E-state index is 0.0134. The van der Waals surface area contributed by atoms with E-state index < -0.39 is 23.0 Å². The van der Waals surface area contributed by atoms with Gasteiger partial charge in [-0.3, -0.25) is 9.69 Å². The summed E-state index contributed by atoms with van der Waals surface area (Å²) in [5.41, 5.74) is -0.824. The molecule has 1 heterocycles. The number of carbonyl (C=O) groups excluding carboxylic acids is 1. The van der Waals surface area contributed by atoms with Crippen LogP contribution in [-0.2, 0) is 22.3 Å². The normalized spacial score (nSPS) is 17.8. The van der Waals surface area contributed by atoms with Crippen molar-refractivity contribution in [1.82, 2.24) is 0 Å². The van der Waals surface area contributed by atoms with Crippen LogP contribution in [0.15, 0.2) is 42.5 Å². The fourth-order valence-electron chi connectivity index (χ4n) is 4.10. The summed E-state index contributed by atoms with van der Waals surface area (Å²) in [6, 6.07) is 10.7. The molecule has 2 fully saturated rings. The van der Waals surface area contributed by atoms with E-state index in [0.717, 1.165) is 24.1 Å². The highest BCUT2D eigenvalue weighted by Crippen LogP contribution is 2.48. The van der Waals surface area contributed by atoms with Crippen molar-refractivity contribution in [3.8, 4) is 0 Å². The number of hydrogen-bond donors (Lipinski definition) is 0. The van der Waals surface area contributed by atoms with E-state index in [1.54, 1.807) is 12.0 Å². The summed E-state index contributed by atoms with van der Waals surface area (Å²) in [4.78, 5) is 19.3. The predicted octanol–water partition coefficient (Wildman–Crippen LogP) is 5.46. The lowest BCUT2D eigenvalue weighted by Crippen LogP contribution is -2.55. The monoisotopic (exact) mass is 445 g/mol. The van der Waals surface area contributed by atoms with Gasteiger partial charge in [-0.1, -0.05) is 18.2 Å². The number of rotatable bonds is 4. The lowest BCUT2D eigenvalue weighted by Gasteiger charge is -2.43. The number of carbonyl (C=O) groups is 1. The van der Waals surface area contributed by atoms with Crippen LogP contribution in [0.3, 0.4) is 0 Å². The lowest BCUT2D eigenvalue weighted by molar-refractivity contribution is -0.136. The Morgan fingerprint density at radius 3 is 2.32 bits per heavy atom. The first-order valence-electron chi connectivity index (χ1n) is 9.58. The molecule has 1 aliphatic carbocycles. The lowest BCUT2D eigenvalue weighted by atomic mass is 9.75. The molecule has 31 heavy (non-hydrogen) atoms. The molecule has 1 saturated heterocycles. The molecule has 1 spiro atoms. The Morgan fingerprint density at radius 1 is 1.16 bits per heavy atom. The van der Waals surface area contributed by atoms with Crippen molar-refractivity contribution in [2.75, 3.05) is 16.9 Å². The highest BCUT2D eigenvalue weighted by atomic mass is 32.1. The van der Waals surface area contributed by atoms with Crippen LogP contribution in [0.2, 0.25) is 0 Å². The zero-order valence-corrected chi connectivity index (χ0v) is 17.4. The van der Waals surface area contributed by atoms with Gasteiger partial charge in [0.25, 0.3) is 5.91 Å². The van der Waals surface area contributed by atoms with E-state index >= 15 is 0 Å². The SMILES string of the molecule is [C-]#[N+]c1ccc(N2C(=O)C3(CCC3)N(c3ccc(COC)cc3)C2=S)cc1C(F)(F)F. The van der Waals surface area contributed by atoms with Gasteiger partial charge in [0, 0.05) is 18.5 Å². The number of amides is 1. The molecule has 2 aromatic carbocycles. The van der Waals surface area contributed by atoms with Gasteiger partial charge in [0.05, 0.1) is 18.7 Å². The minimum Gasteiger partial charge on any atom is -0.380 e. The number of halogens is 3. The average Bonchev–Trinajstić information content (AvgIpc) is 2.94. The highest BCUT2D eigenvalue weighted by Gasteiger charge is 2.59. The Bertz CT molecular complexity index is 1090. The van der Waals surface area contributed by atoms with Crippen LogP contribution in [0.25, 0.3) is 4.85 Å². The zero-order chi connectivity index (χ0) is 22.4. The van der Waals surface area contributed by atoms with E-state index in [0.29, 0.717) is 25.1 Å². The van der Waals surface area contributed by atoms with Gasteiger partial charge in [-0.05, 0) is 61.3 Å². The summed E-state index contributed by atoms with van der Waals surface area (Å²) in [7, 11) is 1.60. The van der Waals surface area contributed by atoms with E-state index in [-0.39, 0.29) is 16.7 Å². The maximum Gasteiger partial charge on any atom is 0.407 e. The van der Waals surface area contributed by atoms with Crippen LogP contribution in [0, 0.1) is 6.57 Å². The largest absolute Gasteiger partial charge is 0.407 e. The van der Waals surface area contributed by atoms with E-state index in [1.807, 2.05) is 24.3 Å². The third-order valence-corrected chi connectivity index (χ3v) is 6.13. The molecular formula is C22H18F3N3O2S. The molecule has 2 aliphatic rings. The molecule has 0 N–H and O–H groups in total. The van der Waals surface area contributed by atoms with Crippen LogP contribution in [0.5, 0.6) is 0 Å². The Balaban J connectivity index is 1.77. The van der Waals surface area contributed by atoms with E-state index in [2.05, 4.69) is 4.85 Å². The van der Waals surface area contributed by atoms with Crippen LogP contribution in [0.4, 0.5) is 30.2 Å². The molecule has 0 aromatic heterocycles. The minimum atomic E-state index is -4.72. The second-order valence-corrected chi connectivity index (χ2v) is 7.92. The Morgan fingerprint density at radius 2 is 1.81 bits per heavy atom. The first kappa shape index (κ1) is 21.3. The van der Waals surface area contributed by atoms with Crippen molar-refractivity contribution in [3.63, 3.8) is 0 Å². The fourth-order valence-corrected chi connectivity index (χ4v) is 4.57. The molecule has 0 radical (unpaired) electrons. The third-order valence-electron chi connectivity index (χ3n) is 5.76. The molecule has 0 atom stereocenters. The molecule has 0 bridgehead atoms. The molecule has 1 saturated carbocycles. The van der Waals surface area contributed by atoms with Gasteiger partial charge in [-0.15, -0.1) is 0 Å². The van der Waals surface area contributed by atoms with Gasteiger partial charge in [0.1, 0.15) is 5.54 Å². The first-order chi connectivity index (χ1) is 14.7. The predicted molar refractivity (Wildman–Crippen MR) is 114 cm³/mol. The van der Waals surface area contributed by atoms with Crippen LogP contribution < -0.4 is 9.80 Å². The van der Waals surface area contributed by atoms with Gasteiger partial charge in [-0.2, -0.15) is 13.2 Å². The number of alkyl halides is 3. The van der Waals surface area contributed by atoms with Crippen molar-refractivity contribution in [3.05, 3.63) is 65.0 Å². The number of thiocarbonyl (C=S) groups is 1. The van der Waals surface area contributed by atoms with Gasteiger partial charge in [0.2, 0.25) is 0 Å². The van der Waals surface area contributed by atoms with Crippen LogP contribution in [-0.4, -0.2) is 23.7 Å². The molecule has 1 amide bonds. The summed E-state index contributed by atoms with van der Waals surface area (Å²) in [5, 5.41) is 0.132. The molecule has 160 valence electrons. The maximum absolute atomic E-state index is 13.5. The summed E-state index contributed by atoms with van der Waals surface area (Å²) in [5.74, 6) is -0.339. The van der Waals surface area contributed by atoms with Crippen molar-refractivity contribution >= 4 is 40.3 Å². The number of ether oxygens (including phenoxy) is 1. The molecule has 4 rings (SSSR count). The average molecular weight is 445 g/mol. The van der Waals surface area contributed by atoms with E-state index in [9.17, 15) is 18.0 Å². The van der Waals surface area contributed by atoms with Crippen LogP contribution >= 0.6 is 12.2 Å². The number of nitrogens with zero attached hydrogens (tertiary/aromatic N) is 3. The van der Waals surface area contributed by atoms with Gasteiger partial charge in [0.15, 0.2) is 10.8 Å². The molecular weight excluding hydrogens is 427 g/mol. The maximum atomic E-state index is 13.5. The molecule has 0 unspecified atom stereocenters. The van der Waals surface area contributed by atoms with Gasteiger partial charge in [-0.25, -0.2) is 4.85 Å². The number of hydrogen-bond acceptors (Lipinski definition) is 3. The number of anilines is 2. The topological polar surface area (TPSA) is 37.1 Å². The zero-order valence-electron chi connectivity index (χ0n) is 16.6. The molecule has 1 aliphatic heterocycles. The quantitative estimate of drug-likeness (QED) is 0.463. The van der Waals surface area contributed by atoms with Crippen molar-refractivity contribution in [1.29, 1.82) is 0 Å². The Labute approximate surface area is 182 Å². The van der Waals surface area contributed by atoms with E-state index in [4.69, 9.17) is 23.5 Å². The molecule has 5 nitrogen and oxygen atoms in total. The summed E-state index contributed by atoms with van der Waals surface area (Å²) in [6.07, 6.45) is -2.76. The fraction of sp³-hybridized carbons (Fsp3) is 0.318. The molecule has 2 aromatic rings. The highest BCUT2D eigenvalue weighted by molar-refractivity contribution is 7.81. The number of methoxy groups -OCH3 is 1. The van der Waals surface area contributed by atoms with Crippen molar-refractivity contribution < 1.29 is 22.7 Å². The van der Waals surface area contributed by atoms with Gasteiger partial charge < -0.3 is 9.64 Å². The van der Waals surface area contributed by atoms with Crippen molar-refractivity contribution in [2.24, 2.45) is 0 Å². The third kappa shape index (κ3) is 3.36. The summed E-state index contributed by atoms with van der Waals surface area (Å²) < 4.78 is 45.5. The standard InChI is InChI=1S/C22H18F3N3O2S/c1-26-18-9-8-16(12-17(18)22(23,24)25)27-19(29)21(10-3-11-21)28(20(27)31)15-6-4-14(5-7-15)13-30-2/h4-9,12H,3,10-11,13H2,2H3. The molecule has 9 heteroatoms. The first-order valence-corrected chi connectivity index (χ1v) is 9.99. The Kier molecular flexibility index (Phi) is 5.23. The second kappa shape index (κ2) is 7.62.